The van der Waals surface area contributed by atoms with Crippen molar-refractivity contribution in [2.45, 2.75) is 13.0 Å². The van der Waals surface area contributed by atoms with E-state index < -0.39 is 5.97 Å². The van der Waals surface area contributed by atoms with E-state index in [1.54, 1.807) is 0 Å². The van der Waals surface area contributed by atoms with Crippen molar-refractivity contribution >= 4 is 50.7 Å². The third-order valence-electron chi connectivity index (χ3n) is 5.34. The van der Waals surface area contributed by atoms with E-state index in [2.05, 4.69) is 5.32 Å². The van der Waals surface area contributed by atoms with Crippen LogP contribution < -0.4 is 5.32 Å². The maximum Gasteiger partial charge on any atom is 0.335 e. The van der Waals surface area contributed by atoms with Gasteiger partial charge in [0, 0.05) is 18.4 Å². The number of carbonyl (C=O) groups excluding carboxylic acids is 1. The molecule has 5 rings (SSSR count). The van der Waals surface area contributed by atoms with E-state index in [0.29, 0.717) is 12.2 Å². The van der Waals surface area contributed by atoms with Crippen LogP contribution in [-0.4, -0.2) is 36.6 Å². The normalized spacial score (nSPS) is 11.2. The van der Waals surface area contributed by atoms with Crippen LogP contribution >= 0.6 is 0 Å². The van der Waals surface area contributed by atoms with Crippen LogP contribution in [0.5, 0.6) is 5.75 Å². The van der Waals surface area contributed by atoms with Gasteiger partial charge >= 0.3 is 5.97 Å². The van der Waals surface area contributed by atoms with Gasteiger partial charge in [0.25, 0.3) is 0 Å². The Labute approximate surface area is 181 Å². The lowest BCUT2D eigenvalue weighted by Crippen LogP contribution is -2.15. The molecule has 8 nitrogen and oxygen atoms in total. The minimum atomic E-state index is -1.15. The van der Waals surface area contributed by atoms with Gasteiger partial charge in [-0.3, -0.25) is 4.79 Å². The molecule has 0 saturated heterocycles. The van der Waals surface area contributed by atoms with Crippen molar-refractivity contribution in [1.29, 1.82) is 0 Å². The molecule has 0 bridgehead atoms. The number of nitrogens with zero attached hydrogens (tertiary/aromatic N) is 3. The molecule has 0 aliphatic rings. The minimum Gasteiger partial charge on any atom is -0.506 e. The van der Waals surface area contributed by atoms with Crippen molar-refractivity contribution in [2.75, 3.05) is 5.32 Å². The number of carboxylic acids is 1. The Hall–Kier alpha value is -4.46. The van der Waals surface area contributed by atoms with Crippen molar-refractivity contribution in [3.63, 3.8) is 0 Å². The van der Waals surface area contributed by atoms with Gasteiger partial charge in [-0.1, -0.05) is 30.3 Å². The number of aryl methyl sites for hydroxylation is 1. The molecular weight excluding hydrogens is 408 g/mol. The van der Waals surface area contributed by atoms with Crippen LogP contribution in [0, 0.1) is 0 Å². The number of carboxylic acid groups (broad SMARTS) is 1. The highest BCUT2D eigenvalue weighted by Crippen LogP contribution is 2.29. The zero-order chi connectivity index (χ0) is 22.2. The highest BCUT2D eigenvalue weighted by Gasteiger charge is 2.16. The fourth-order valence-electron chi connectivity index (χ4n) is 3.81. The molecule has 0 saturated carbocycles. The molecule has 3 N–H and O–H groups in total. The maximum absolute atomic E-state index is 12.6. The molecule has 2 heterocycles. The zero-order valence-electron chi connectivity index (χ0n) is 16.8. The Kier molecular flexibility index (Phi) is 4.67. The van der Waals surface area contributed by atoms with E-state index in [1.807, 2.05) is 53.1 Å². The van der Waals surface area contributed by atoms with Gasteiger partial charge in [-0.25, -0.2) is 14.8 Å². The number of phenols is 1. The molecule has 0 aliphatic heterocycles. The Bertz CT molecular complexity index is 1520. The number of hydrogen-bond donors (Lipinski definition) is 3. The molecule has 158 valence electrons. The van der Waals surface area contributed by atoms with E-state index in [4.69, 9.17) is 15.1 Å². The number of aromatic carboxylic acids is 1. The lowest BCUT2D eigenvalue weighted by molar-refractivity contribution is -0.116. The summed E-state index contributed by atoms with van der Waals surface area (Å²) in [5.41, 5.74) is 4.09. The lowest BCUT2D eigenvalue weighted by atomic mass is 10.2. The van der Waals surface area contributed by atoms with Gasteiger partial charge in [0.05, 0.1) is 27.8 Å². The molecule has 0 spiro atoms. The SMILES string of the molecule is O=C(CCn1c2ccccc2c2nc3ccccc3nc21)Nc1ccc(C(=O)O)cc1O. The number of aromatic hydroxyl groups is 1. The van der Waals surface area contributed by atoms with Crippen LogP contribution in [-0.2, 0) is 11.3 Å². The van der Waals surface area contributed by atoms with Crippen LogP contribution in [0.3, 0.4) is 0 Å². The summed E-state index contributed by atoms with van der Waals surface area (Å²) in [6.45, 7) is 0.358. The number of carbonyl (C=O) groups is 2. The second-order valence-electron chi connectivity index (χ2n) is 7.39. The molecule has 2 aromatic heterocycles. The predicted octanol–water partition coefficient (Wildman–Crippen LogP) is 4.17. The van der Waals surface area contributed by atoms with Gasteiger partial charge in [0.2, 0.25) is 5.91 Å². The van der Waals surface area contributed by atoms with Gasteiger partial charge < -0.3 is 20.1 Å². The van der Waals surface area contributed by atoms with Crippen LogP contribution in [0.15, 0.2) is 66.7 Å². The molecule has 0 unspecified atom stereocenters. The minimum absolute atomic E-state index is 0.0587. The zero-order valence-corrected chi connectivity index (χ0v) is 16.8. The Morgan fingerprint density at radius 1 is 0.938 bits per heavy atom. The molecule has 0 fully saturated rings. The largest absolute Gasteiger partial charge is 0.506 e. The number of amides is 1. The van der Waals surface area contributed by atoms with E-state index in [1.165, 1.54) is 12.1 Å². The molecule has 1 amide bonds. The number of rotatable bonds is 5. The molecule has 5 aromatic rings. The average Bonchev–Trinajstić information content (AvgIpc) is 3.10. The predicted molar refractivity (Wildman–Crippen MR) is 121 cm³/mol. The monoisotopic (exact) mass is 426 g/mol. The molecule has 32 heavy (non-hydrogen) atoms. The fourth-order valence-corrected chi connectivity index (χ4v) is 3.81. The lowest BCUT2D eigenvalue weighted by Gasteiger charge is -2.10. The molecule has 8 heteroatoms. The van der Waals surface area contributed by atoms with Gasteiger partial charge in [-0.2, -0.15) is 0 Å². The summed E-state index contributed by atoms with van der Waals surface area (Å²) < 4.78 is 1.97. The number of aromatic nitrogens is 3. The van der Waals surface area contributed by atoms with Gasteiger partial charge in [0.1, 0.15) is 11.3 Å². The summed E-state index contributed by atoms with van der Waals surface area (Å²) in [5.74, 6) is -1.77. The molecule has 0 radical (unpaired) electrons. The maximum atomic E-state index is 12.6. The van der Waals surface area contributed by atoms with Crippen molar-refractivity contribution < 1.29 is 19.8 Å². The summed E-state index contributed by atoms with van der Waals surface area (Å²) in [4.78, 5) is 33.2. The van der Waals surface area contributed by atoms with Crippen molar-refractivity contribution in [2.24, 2.45) is 0 Å². The number of benzene rings is 3. The summed E-state index contributed by atoms with van der Waals surface area (Å²) >= 11 is 0. The van der Waals surface area contributed by atoms with E-state index >= 15 is 0 Å². The smallest absolute Gasteiger partial charge is 0.335 e. The molecule has 3 aromatic carbocycles. The first-order valence-corrected chi connectivity index (χ1v) is 10.0. The first-order valence-electron chi connectivity index (χ1n) is 10.0. The summed E-state index contributed by atoms with van der Waals surface area (Å²) in [6, 6.07) is 19.3. The van der Waals surface area contributed by atoms with Crippen molar-refractivity contribution in [1.82, 2.24) is 14.5 Å². The van der Waals surface area contributed by atoms with E-state index in [0.717, 1.165) is 33.5 Å². The van der Waals surface area contributed by atoms with Crippen LogP contribution in [0.25, 0.3) is 33.1 Å². The van der Waals surface area contributed by atoms with E-state index in [9.17, 15) is 14.7 Å². The fraction of sp³-hybridized carbons (Fsp3) is 0.0833. The Morgan fingerprint density at radius 3 is 2.41 bits per heavy atom. The van der Waals surface area contributed by atoms with Crippen LogP contribution in [0.2, 0.25) is 0 Å². The molecular formula is C24H18N4O4. The molecule has 0 aliphatic carbocycles. The second kappa shape index (κ2) is 7.66. The number of nitrogens with one attached hydrogen (secondary N) is 1. The summed E-state index contributed by atoms with van der Waals surface area (Å²) in [7, 11) is 0. The first-order chi connectivity index (χ1) is 15.5. The third-order valence-corrected chi connectivity index (χ3v) is 5.34. The van der Waals surface area contributed by atoms with Gasteiger partial charge in [0.15, 0.2) is 5.65 Å². The number of hydrogen-bond acceptors (Lipinski definition) is 5. The summed E-state index contributed by atoms with van der Waals surface area (Å²) in [5, 5.41) is 22.6. The van der Waals surface area contributed by atoms with Crippen molar-refractivity contribution in [3.8, 4) is 5.75 Å². The second-order valence-corrected chi connectivity index (χ2v) is 7.39. The highest BCUT2D eigenvalue weighted by atomic mass is 16.4. The summed E-state index contributed by atoms with van der Waals surface area (Å²) in [6.07, 6.45) is 0.127. The number of phenolic OH excluding ortho intramolecular Hbond substituents is 1. The third kappa shape index (κ3) is 3.37. The van der Waals surface area contributed by atoms with Crippen molar-refractivity contribution in [3.05, 3.63) is 72.3 Å². The Morgan fingerprint density at radius 2 is 1.66 bits per heavy atom. The van der Waals surface area contributed by atoms with Gasteiger partial charge in [-0.05, 0) is 36.4 Å². The molecule has 0 atom stereocenters. The Balaban J connectivity index is 1.45. The van der Waals surface area contributed by atoms with Gasteiger partial charge in [-0.15, -0.1) is 0 Å². The van der Waals surface area contributed by atoms with Crippen LogP contribution in [0.1, 0.15) is 16.8 Å². The topological polar surface area (TPSA) is 117 Å². The first kappa shape index (κ1) is 19.5. The number of fused-ring (bicyclic) bond motifs is 4. The standard InChI is InChI=1S/C24H18N4O4/c29-20-13-14(24(31)32)9-10-18(20)25-21(30)11-12-28-19-8-4-1-5-15(19)22-23(28)27-17-7-3-2-6-16(17)26-22/h1-10,13,29H,11-12H2,(H,25,30)(H,31,32). The number of para-hydroxylation sites is 3. The highest BCUT2D eigenvalue weighted by molar-refractivity contribution is 6.06. The van der Waals surface area contributed by atoms with E-state index in [-0.39, 0.29) is 29.3 Å². The quantitative estimate of drug-likeness (QED) is 0.363. The van der Waals surface area contributed by atoms with Crippen LogP contribution in [0.4, 0.5) is 5.69 Å². The average molecular weight is 426 g/mol. The number of anilines is 1.